The van der Waals surface area contributed by atoms with Gasteiger partial charge >= 0.3 is 7.12 Å². The minimum Gasteiger partial charge on any atom is -0.399 e. The smallest absolute Gasteiger partial charge is 0.399 e. The van der Waals surface area contributed by atoms with Crippen molar-refractivity contribution in [2.75, 3.05) is 0 Å². The van der Waals surface area contributed by atoms with Crippen molar-refractivity contribution in [3.63, 3.8) is 0 Å². The summed E-state index contributed by atoms with van der Waals surface area (Å²) in [5.41, 5.74) is 6.28. The second-order valence-corrected chi connectivity index (χ2v) is 10.9. The van der Waals surface area contributed by atoms with E-state index in [4.69, 9.17) is 9.31 Å². The molecule has 1 aliphatic heterocycles. The van der Waals surface area contributed by atoms with E-state index in [0.717, 1.165) is 11.2 Å². The third-order valence-electron chi connectivity index (χ3n) is 7.78. The molecule has 1 aromatic heterocycles. The summed E-state index contributed by atoms with van der Waals surface area (Å²) in [6.45, 7) is 21.8. The van der Waals surface area contributed by atoms with E-state index >= 15 is 0 Å². The number of nitrogens with zero attached hydrogens (tertiary/aromatic N) is 1. The second kappa shape index (κ2) is 15.0. The van der Waals surface area contributed by atoms with Gasteiger partial charge in [-0.2, -0.15) is 0 Å². The monoisotopic (exact) mass is 573 g/mol. The molecule has 0 atom stereocenters. The molecule has 4 aromatic carbocycles. The fraction of sp³-hybridized carbons (Fsp3) is 0.282. The highest BCUT2D eigenvalue weighted by Crippen LogP contribution is 2.37. The fourth-order valence-corrected chi connectivity index (χ4v) is 4.96. The fourth-order valence-electron chi connectivity index (χ4n) is 4.96. The molecule has 43 heavy (non-hydrogen) atoms. The van der Waals surface area contributed by atoms with Crippen LogP contribution in [0, 0.1) is 0 Å². The van der Waals surface area contributed by atoms with Gasteiger partial charge in [-0.05, 0) is 75.5 Å². The van der Waals surface area contributed by atoms with Crippen LogP contribution < -0.4 is 5.46 Å². The molecule has 0 bridgehead atoms. The average Bonchev–Trinajstić information content (AvgIpc) is 3.49. The van der Waals surface area contributed by atoms with E-state index in [1.165, 1.54) is 32.9 Å². The lowest BCUT2D eigenvalue weighted by Crippen LogP contribution is -2.41. The zero-order valence-corrected chi connectivity index (χ0v) is 27.5. The predicted molar refractivity (Wildman–Crippen MR) is 190 cm³/mol. The Labute approximate surface area is 260 Å². The summed E-state index contributed by atoms with van der Waals surface area (Å²) in [4.78, 5) is 0. The molecule has 0 aliphatic carbocycles. The van der Waals surface area contributed by atoms with Crippen molar-refractivity contribution < 1.29 is 9.31 Å². The maximum atomic E-state index is 6.33. The minimum absolute atomic E-state index is 0.360. The minimum atomic E-state index is -0.373. The van der Waals surface area contributed by atoms with Gasteiger partial charge in [0.25, 0.3) is 0 Å². The topological polar surface area (TPSA) is 23.4 Å². The van der Waals surface area contributed by atoms with Gasteiger partial charge in [0.1, 0.15) is 0 Å². The Hall–Kier alpha value is -3.86. The molecule has 0 N–H and O–H groups in total. The van der Waals surface area contributed by atoms with Crippen LogP contribution in [0.1, 0.15) is 62.3 Å². The van der Waals surface area contributed by atoms with Gasteiger partial charge < -0.3 is 13.9 Å². The Balaban J connectivity index is 0.000000505. The van der Waals surface area contributed by atoms with Gasteiger partial charge in [0.2, 0.25) is 0 Å². The zero-order chi connectivity index (χ0) is 31.6. The van der Waals surface area contributed by atoms with Crippen molar-refractivity contribution in [1.29, 1.82) is 0 Å². The molecule has 224 valence electrons. The Bertz CT molecular complexity index is 1610. The van der Waals surface area contributed by atoms with Gasteiger partial charge in [-0.1, -0.05) is 125 Å². The van der Waals surface area contributed by atoms with Crippen LogP contribution >= 0.6 is 0 Å². The molecule has 2 heterocycles. The SMILES string of the molecule is C=C/C=C\C.CC.CC.CC1(C)OB(c2ccc3c(c2)c2ccccc2n3-c2ccc(-c3ccccc3)cc2)OC1(C)C. The van der Waals surface area contributed by atoms with Crippen molar-refractivity contribution in [3.05, 3.63) is 122 Å². The molecule has 0 spiro atoms. The zero-order valence-electron chi connectivity index (χ0n) is 27.5. The molecule has 0 radical (unpaired) electrons. The molecular weight excluding hydrogens is 525 g/mol. The van der Waals surface area contributed by atoms with E-state index < -0.39 is 0 Å². The first-order valence-electron chi connectivity index (χ1n) is 15.5. The quantitative estimate of drug-likeness (QED) is 0.158. The first-order valence-corrected chi connectivity index (χ1v) is 15.5. The van der Waals surface area contributed by atoms with E-state index in [1.807, 2.05) is 52.8 Å². The van der Waals surface area contributed by atoms with Crippen molar-refractivity contribution in [3.8, 4) is 16.8 Å². The Morgan fingerprint density at radius 2 is 1.19 bits per heavy atom. The maximum Gasteiger partial charge on any atom is 0.494 e. The number of hydrogen-bond acceptors (Lipinski definition) is 2. The first-order chi connectivity index (χ1) is 20.8. The van der Waals surface area contributed by atoms with Crippen LogP contribution in [0.25, 0.3) is 38.6 Å². The number of benzene rings is 4. The molecule has 1 fully saturated rings. The normalized spacial score (nSPS) is 14.8. The number of allylic oxidation sites excluding steroid dienone is 3. The predicted octanol–water partition coefficient (Wildman–Crippen LogP) is 10.6. The van der Waals surface area contributed by atoms with Crippen LogP contribution in [0.5, 0.6) is 0 Å². The molecule has 0 unspecified atom stereocenters. The molecule has 1 aliphatic rings. The Kier molecular flexibility index (Phi) is 11.8. The standard InChI is InChI=1S/C30H28BNO2.C5H8.2C2H6/c1-29(2)30(3,4)34-31(33-29)23-16-19-28-26(20-23)25-12-8-9-13-27(25)32(28)24-17-14-22(15-18-24)21-10-6-5-7-11-21;1-3-5-4-2;2*1-2/h5-20H,1-4H3;3-5H,1H2,2H3;2*1-2H3/b;5-4-;;. The highest BCUT2D eigenvalue weighted by Gasteiger charge is 2.51. The highest BCUT2D eigenvalue weighted by atomic mass is 16.7. The van der Waals surface area contributed by atoms with Gasteiger partial charge in [-0.25, -0.2) is 0 Å². The molecule has 6 rings (SSSR count). The summed E-state index contributed by atoms with van der Waals surface area (Å²) in [5.74, 6) is 0. The van der Waals surface area contributed by atoms with Crippen molar-refractivity contribution in [1.82, 2.24) is 4.57 Å². The van der Waals surface area contributed by atoms with E-state index in [0.29, 0.717) is 0 Å². The van der Waals surface area contributed by atoms with Crippen molar-refractivity contribution in [2.45, 2.75) is 73.5 Å². The molecule has 4 heteroatoms. The van der Waals surface area contributed by atoms with Crippen LogP contribution in [0.3, 0.4) is 0 Å². The molecule has 3 nitrogen and oxygen atoms in total. The number of para-hydroxylation sites is 1. The summed E-state index contributed by atoms with van der Waals surface area (Å²) in [6.07, 6.45) is 5.58. The number of fused-ring (bicyclic) bond motifs is 3. The number of hydrogen-bond donors (Lipinski definition) is 0. The van der Waals surface area contributed by atoms with E-state index in [-0.39, 0.29) is 18.3 Å². The van der Waals surface area contributed by atoms with Crippen LogP contribution in [0.4, 0.5) is 0 Å². The first kappa shape index (κ1) is 33.6. The van der Waals surface area contributed by atoms with Gasteiger partial charge in [-0.3, -0.25) is 0 Å². The third kappa shape index (κ3) is 7.21. The third-order valence-corrected chi connectivity index (χ3v) is 7.78. The van der Waals surface area contributed by atoms with Crippen LogP contribution in [-0.4, -0.2) is 22.9 Å². The van der Waals surface area contributed by atoms with E-state index in [2.05, 4.69) is 130 Å². The summed E-state index contributed by atoms with van der Waals surface area (Å²) in [5, 5.41) is 2.43. The van der Waals surface area contributed by atoms with E-state index in [1.54, 1.807) is 6.08 Å². The lowest BCUT2D eigenvalue weighted by atomic mass is 9.78. The van der Waals surface area contributed by atoms with Gasteiger partial charge in [0, 0.05) is 16.5 Å². The summed E-state index contributed by atoms with van der Waals surface area (Å²) in [7, 11) is -0.373. The lowest BCUT2D eigenvalue weighted by molar-refractivity contribution is 0.00578. The maximum absolute atomic E-state index is 6.33. The molecule has 1 saturated heterocycles. The second-order valence-electron chi connectivity index (χ2n) is 10.9. The summed E-state index contributed by atoms with van der Waals surface area (Å²) >= 11 is 0. The molecular formula is C39H48BNO2. The summed E-state index contributed by atoms with van der Waals surface area (Å²) < 4.78 is 15.0. The molecule has 5 aromatic rings. The summed E-state index contributed by atoms with van der Waals surface area (Å²) in [6, 6.07) is 34.5. The number of rotatable bonds is 4. The molecule has 0 saturated carbocycles. The largest absolute Gasteiger partial charge is 0.494 e. The lowest BCUT2D eigenvalue weighted by Gasteiger charge is -2.32. The average molecular weight is 574 g/mol. The van der Waals surface area contributed by atoms with Gasteiger partial charge in [0.05, 0.1) is 22.2 Å². The Morgan fingerprint density at radius 3 is 1.74 bits per heavy atom. The van der Waals surface area contributed by atoms with Gasteiger partial charge in [-0.15, -0.1) is 0 Å². The van der Waals surface area contributed by atoms with Crippen LogP contribution in [-0.2, 0) is 9.31 Å². The van der Waals surface area contributed by atoms with Crippen LogP contribution in [0.2, 0.25) is 0 Å². The van der Waals surface area contributed by atoms with Crippen molar-refractivity contribution in [2.24, 2.45) is 0 Å². The van der Waals surface area contributed by atoms with Gasteiger partial charge in [0.15, 0.2) is 0 Å². The van der Waals surface area contributed by atoms with Crippen LogP contribution in [0.15, 0.2) is 122 Å². The highest BCUT2D eigenvalue weighted by molar-refractivity contribution is 6.62. The van der Waals surface area contributed by atoms with E-state index in [9.17, 15) is 0 Å². The molecule has 0 amide bonds. The Morgan fingerprint density at radius 1 is 0.651 bits per heavy atom. The number of aromatic nitrogens is 1. The van der Waals surface area contributed by atoms with Crippen molar-refractivity contribution >= 4 is 34.4 Å².